The van der Waals surface area contributed by atoms with E-state index in [4.69, 9.17) is 4.74 Å². The minimum Gasteiger partial charge on any atom is -0.494 e. The van der Waals surface area contributed by atoms with Crippen molar-refractivity contribution in [1.29, 1.82) is 0 Å². The molecule has 0 radical (unpaired) electrons. The van der Waals surface area contributed by atoms with Crippen LogP contribution < -0.4 is 9.46 Å². The first kappa shape index (κ1) is 19.5. The second kappa shape index (κ2) is 9.01. The van der Waals surface area contributed by atoms with E-state index in [1.807, 2.05) is 24.3 Å². The second-order valence-corrected chi connectivity index (χ2v) is 8.02. The van der Waals surface area contributed by atoms with Gasteiger partial charge in [-0.25, -0.2) is 13.1 Å². The molecular formula is C18H26N2O4S. The number of benzene rings is 1. The van der Waals surface area contributed by atoms with Crippen LogP contribution in [0, 0.1) is 0 Å². The summed E-state index contributed by atoms with van der Waals surface area (Å²) < 4.78 is 30.6. The SMILES string of the molecule is CCCOc1ccc(/C=C/C(=O)N2CCC(NS(C)(=O)=O)CC2)cc1. The maximum absolute atomic E-state index is 12.2. The van der Waals surface area contributed by atoms with Crippen LogP contribution in [0.4, 0.5) is 0 Å². The molecule has 0 aliphatic carbocycles. The number of nitrogens with one attached hydrogen (secondary N) is 1. The minimum atomic E-state index is -3.19. The highest BCUT2D eigenvalue weighted by molar-refractivity contribution is 7.88. The molecule has 1 aromatic rings. The number of piperidine rings is 1. The Morgan fingerprint density at radius 1 is 1.28 bits per heavy atom. The number of nitrogens with zero attached hydrogens (tertiary/aromatic N) is 1. The number of hydrogen-bond acceptors (Lipinski definition) is 4. The molecule has 1 fully saturated rings. The van der Waals surface area contributed by atoms with Gasteiger partial charge in [0.2, 0.25) is 15.9 Å². The van der Waals surface area contributed by atoms with Gasteiger partial charge < -0.3 is 9.64 Å². The van der Waals surface area contributed by atoms with E-state index < -0.39 is 10.0 Å². The molecule has 1 N–H and O–H groups in total. The summed E-state index contributed by atoms with van der Waals surface area (Å²) >= 11 is 0. The number of rotatable bonds is 7. The molecule has 0 saturated carbocycles. The molecule has 1 saturated heterocycles. The van der Waals surface area contributed by atoms with Crippen LogP contribution in [0.25, 0.3) is 6.08 Å². The van der Waals surface area contributed by atoms with Gasteiger partial charge in [-0.05, 0) is 43.0 Å². The van der Waals surface area contributed by atoms with Gasteiger partial charge in [-0.15, -0.1) is 0 Å². The molecule has 25 heavy (non-hydrogen) atoms. The lowest BCUT2D eigenvalue weighted by Crippen LogP contribution is -2.45. The number of ether oxygens (including phenoxy) is 1. The third kappa shape index (κ3) is 6.88. The zero-order valence-electron chi connectivity index (χ0n) is 14.8. The second-order valence-electron chi connectivity index (χ2n) is 6.24. The largest absolute Gasteiger partial charge is 0.494 e. The predicted molar refractivity (Wildman–Crippen MR) is 98.8 cm³/mol. The van der Waals surface area contributed by atoms with E-state index in [1.165, 1.54) is 0 Å². The molecule has 0 bridgehead atoms. The van der Waals surface area contributed by atoms with Crippen molar-refractivity contribution < 1.29 is 17.9 Å². The molecule has 1 amide bonds. The summed E-state index contributed by atoms with van der Waals surface area (Å²) in [5.74, 6) is 0.773. The molecule has 1 heterocycles. The van der Waals surface area contributed by atoms with Crippen molar-refractivity contribution >= 4 is 22.0 Å². The number of amides is 1. The molecule has 2 rings (SSSR count). The quantitative estimate of drug-likeness (QED) is 0.749. The monoisotopic (exact) mass is 366 g/mol. The Morgan fingerprint density at radius 3 is 2.48 bits per heavy atom. The van der Waals surface area contributed by atoms with Gasteiger partial charge in [0.1, 0.15) is 5.75 Å². The van der Waals surface area contributed by atoms with Gasteiger partial charge in [-0.2, -0.15) is 0 Å². The third-order valence-corrected chi connectivity index (χ3v) is 4.72. The van der Waals surface area contributed by atoms with Gasteiger partial charge in [0, 0.05) is 25.2 Å². The van der Waals surface area contributed by atoms with E-state index in [-0.39, 0.29) is 11.9 Å². The number of sulfonamides is 1. The fourth-order valence-corrected chi connectivity index (χ4v) is 3.53. The molecule has 0 atom stereocenters. The Balaban J connectivity index is 1.83. The zero-order valence-corrected chi connectivity index (χ0v) is 15.6. The summed E-state index contributed by atoms with van der Waals surface area (Å²) in [6.45, 7) is 3.86. The van der Waals surface area contributed by atoms with Crippen molar-refractivity contribution in [2.24, 2.45) is 0 Å². The van der Waals surface area contributed by atoms with Gasteiger partial charge >= 0.3 is 0 Å². The Labute approximate surface area is 149 Å². The van der Waals surface area contributed by atoms with Crippen molar-refractivity contribution in [3.8, 4) is 5.75 Å². The first-order chi connectivity index (χ1) is 11.9. The van der Waals surface area contributed by atoms with Crippen LogP contribution in [0.2, 0.25) is 0 Å². The minimum absolute atomic E-state index is 0.0517. The first-order valence-electron chi connectivity index (χ1n) is 8.54. The summed E-state index contributed by atoms with van der Waals surface area (Å²) in [6.07, 6.45) is 6.74. The lowest BCUT2D eigenvalue weighted by Gasteiger charge is -2.31. The van der Waals surface area contributed by atoms with Gasteiger partial charge in [-0.1, -0.05) is 19.1 Å². The summed E-state index contributed by atoms with van der Waals surface area (Å²) in [5.41, 5.74) is 0.936. The normalized spacial score (nSPS) is 16.3. The molecule has 7 heteroatoms. The zero-order chi connectivity index (χ0) is 18.3. The van der Waals surface area contributed by atoms with Crippen LogP contribution in [0.5, 0.6) is 5.75 Å². The van der Waals surface area contributed by atoms with Crippen molar-refractivity contribution in [2.45, 2.75) is 32.2 Å². The summed E-state index contributed by atoms with van der Waals surface area (Å²) in [6, 6.07) is 7.52. The molecule has 0 aromatic heterocycles. The standard InChI is InChI=1S/C18H26N2O4S/c1-3-14-24-17-7-4-15(5-8-17)6-9-18(21)20-12-10-16(11-13-20)19-25(2,22)23/h4-9,16,19H,3,10-14H2,1-2H3/b9-6+. The topological polar surface area (TPSA) is 75.7 Å². The average Bonchev–Trinajstić information content (AvgIpc) is 2.58. The van der Waals surface area contributed by atoms with Crippen molar-refractivity contribution in [3.05, 3.63) is 35.9 Å². The lowest BCUT2D eigenvalue weighted by molar-refractivity contribution is -0.126. The Kier molecular flexibility index (Phi) is 7.01. The molecule has 1 aliphatic heterocycles. The van der Waals surface area contributed by atoms with E-state index in [1.54, 1.807) is 17.1 Å². The molecular weight excluding hydrogens is 340 g/mol. The third-order valence-electron chi connectivity index (χ3n) is 3.96. The fourth-order valence-electron chi connectivity index (χ4n) is 2.69. The van der Waals surface area contributed by atoms with E-state index in [2.05, 4.69) is 11.6 Å². The molecule has 138 valence electrons. The van der Waals surface area contributed by atoms with Crippen LogP contribution in [-0.4, -0.2) is 51.2 Å². The number of carbonyl (C=O) groups is 1. The Bertz CT molecular complexity index is 690. The van der Waals surface area contributed by atoms with Gasteiger partial charge in [0.05, 0.1) is 12.9 Å². The number of hydrogen-bond donors (Lipinski definition) is 1. The van der Waals surface area contributed by atoms with Crippen molar-refractivity contribution in [2.75, 3.05) is 26.0 Å². The number of likely N-dealkylation sites (tertiary alicyclic amines) is 1. The van der Waals surface area contributed by atoms with E-state index in [9.17, 15) is 13.2 Å². The highest BCUT2D eigenvalue weighted by Crippen LogP contribution is 2.15. The van der Waals surface area contributed by atoms with E-state index >= 15 is 0 Å². The lowest BCUT2D eigenvalue weighted by atomic mass is 10.1. The predicted octanol–water partition coefficient (Wildman–Crippen LogP) is 2.03. The molecule has 0 unspecified atom stereocenters. The smallest absolute Gasteiger partial charge is 0.246 e. The van der Waals surface area contributed by atoms with Crippen molar-refractivity contribution in [3.63, 3.8) is 0 Å². The van der Waals surface area contributed by atoms with Crippen LogP contribution >= 0.6 is 0 Å². The molecule has 1 aromatic carbocycles. The highest BCUT2D eigenvalue weighted by Gasteiger charge is 2.23. The van der Waals surface area contributed by atoms with Crippen molar-refractivity contribution in [1.82, 2.24) is 9.62 Å². The summed E-state index contributed by atoms with van der Waals surface area (Å²) in [5, 5.41) is 0. The van der Waals surface area contributed by atoms with E-state index in [0.717, 1.165) is 24.0 Å². The van der Waals surface area contributed by atoms with Gasteiger partial charge in [0.15, 0.2) is 0 Å². The van der Waals surface area contributed by atoms with Crippen LogP contribution in [0.1, 0.15) is 31.7 Å². The molecule has 1 aliphatic rings. The summed E-state index contributed by atoms with van der Waals surface area (Å²) in [4.78, 5) is 14.0. The molecule has 6 nitrogen and oxygen atoms in total. The van der Waals surface area contributed by atoms with Crippen LogP contribution in [0.3, 0.4) is 0 Å². The fraction of sp³-hybridized carbons (Fsp3) is 0.500. The van der Waals surface area contributed by atoms with Crippen LogP contribution in [-0.2, 0) is 14.8 Å². The first-order valence-corrected chi connectivity index (χ1v) is 10.4. The highest BCUT2D eigenvalue weighted by atomic mass is 32.2. The summed E-state index contributed by atoms with van der Waals surface area (Å²) in [7, 11) is -3.19. The maximum atomic E-state index is 12.2. The van der Waals surface area contributed by atoms with Crippen LogP contribution in [0.15, 0.2) is 30.3 Å². The maximum Gasteiger partial charge on any atom is 0.246 e. The Morgan fingerprint density at radius 2 is 1.92 bits per heavy atom. The Hall–Kier alpha value is -1.86. The van der Waals surface area contributed by atoms with E-state index in [0.29, 0.717) is 32.5 Å². The average molecular weight is 366 g/mol. The van der Waals surface area contributed by atoms with Gasteiger partial charge in [0.25, 0.3) is 0 Å². The molecule has 0 spiro atoms. The number of carbonyl (C=O) groups excluding carboxylic acids is 1. The van der Waals surface area contributed by atoms with Gasteiger partial charge in [-0.3, -0.25) is 4.79 Å².